The first kappa shape index (κ1) is 16.3. The number of halogens is 1. The Morgan fingerprint density at radius 2 is 2.19 bits per heavy atom. The molecule has 21 heavy (non-hydrogen) atoms. The van der Waals surface area contributed by atoms with Gasteiger partial charge in [0.1, 0.15) is 5.54 Å². The van der Waals surface area contributed by atoms with Gasteiger partial charge in [-0.05, 0) is 44.4 Å². The second-order valence-electron chi connectivity index (χ2n) is 5.37. The highest BCUT2D eigenvalue weighted by atomic mass is 35.5. The molecule has 0 radical (unpaired) electrons. The SMILES string of the molecule is CCOC(=O)C(C)(NCC1CCCO1)c1ccc(Cl)cc1. The number of rotatable bonds is 6. The minimum absolute atomic E-state index is 0.158. The Bertz CT molecular complexity index is 471. The van der Waals surface area contributed by atoms with Crippen LogP contribution in [0.2, 0.25) is 5.02 Å². The molecule has 1 saturated heterocycles. The lowest BCUT2D eigenvalue weighted by Crippen LogP contribution is -2.50. The molecular formula is C16H22ClNO3. The first-order valence-corrected chi connectivity index (χ1v) is 7.74. The fourth-order valence-electron chi connectivity index (χ4n) is 2.47. The third-order valence-electron chi connectivity index (χ3n) is 3.81. The number of hydrogen-bond acceptors (Lipinski definition) is 4. The van der Waals surface area contributed by atoms with E-state index in [1.165, 1.54) is 0 Å². The van der Waals surface area contributed by atoms with Gasteiger partial charge in [0.05, 0.1) is 12.7 Å². The number of carbonyl (C=O) groups is 1. The first-order chi connectivity index (χ1) is 10.1. The van der Waals surface area contributed by atoms with Crippen molar-refractivity contribution in [1.29, 1.82) is 0 Å². The van der Waals surface area contributed by atoms with Crippen molar-refractivity contribution in [2.24, 2.45) is 0 Å². The van der Waals surface area contributed by atoms with E-state index in [2.05, 4.69) is 5.32 Å². The highest BCUT2D eigenvalue weighted by Gasteiger charge is 2.37. The van der Waals surface area contributed by atoms with Gasteiger partial charge in [0.2, 0.25) is 0 Å². The molecule has 1 aliphatic rings. The largest absolute Gasteiger partial charge is 0.464 e. The smallest absolute Gasteiger partial charge is 0.330 e. The highest BCUT2D eigenvalue weighted by molar-refractivity contribution is 6.30. The summed E-state index contributed by atoms with van der Waals surface area (Å²) in [7, 11) is 0. The van der Waals surface area contributed by atoms with Crippen molar-refractivity contribution in [3.8, 4) is 0 Å². The lowest BCUT2D eigenvalue weighted by molar-refractivity contribution is -0.151. The molecule has 4 nitrogen and oxygen atoms in total. The van der Waals surface area contributed by atoms with E-state index in [0.717, 1.165) is 25.0 Å². The van der Waals surface area contributed by atoms with Crippen LogP contribution in [0.15, 0.2) is 24.3 Å². The monoisotopic (exact) mass is 311 g/mol. The normalized spacial score (nSPS) is 21.0. The van der Waals surface area contributed by atoms with Crippen LogP contribution in [-0.4, -0.2) is 31.8 Å². The zero-order valence-electron chi connectivity index (χ0n) is 12.5. The van der Waals surface area contributed by atoms with Gasteiger partial charge in [-0.15, -0.1) is 0 Å². The van der Waals surface area contributed by atoms with Crippen molar-refractivity contribution in [2.45, 2.75) is 38.3 Å². The molecule has 5 heteroatoms. The van der Waals surface area contributed by atoms with Crippen molar-refractivity contribution < 1.29 is 14.3 Å². The van der Waals surface area contributed by atoms with E-state index in [9.17, 15) is 4.79 Å². The third-order valence-corrected chi connectivity index (χ3v) is 4.06. The molecule has 116 valence electrons. The molecule has 1 aliphatic heterocycles. The van der Waals surface area contributed by atoms with Crippen molar-refractivity contribution in [3.63, 3.8) is 0 Å². The summed E-state index contributed by atoms with van der Waals surface area (Å²) in [5.74, 6) is -0.287. The predicted octanol–water partition coefficient (Wildman–Crippen LogP) is 2.89. The van der Waals surface area contributed by atoms with Crippen LogP contribution in [0.1, 0.15) is 32.3 Å². The molecule has 0 saturated carbocycles. The topological polar surface area (TPSA) is 47.6 Å². The third kappa shape index (κ3) is 3.96. The Hall–Kier alpha value is -1.10. The summed E-state index contributed by atoms with van der Waals surface area (Å²) in [6, 6.07) is 7.26. The standard InChI is InChI=1S/C16H22ClNO3/c1-3-20-15(19)16(2,12-6-8-13(17)9-7-12)18-11-14-5-4-10-21-14/h6-9,14,18H,3-5,10-11H2,1-2H3. The average molecular weight is 312 g/mol. The van der Waals surface area contributed by atoms with Gasteiger partial charge in [0.15, 0.2) is 0 Å². The molecule has 0 spiro atoms. The van der Waals surface area contributed by atoms with Gasteiger partial charge in [-0.1, -0.05) is 23.7 Å². The molecule has 2 atom stereocenters. The lowest BCUT2D eigenvalue weighted by atomic mass is 9.91. The molecule has 0 amide bonds. The van der Waals surface area contributed by atoms with Crippen molar-refractivity contribution in [1.82, 2.24) is 5.32 Å². The van der Waals surface area contributed by atoms with E-state index in [1.54, 1.807) is 19.1 Å². The van der Waals surface area contributed by atoms with E-state index >= 15 is 0 Å². The van der Waals surface area contributed by atoms with Gasteiger partial charge in [-0.2, -0.15) is 0 Å². The molecule has 0 bridgehead atoms. The van der Waals surface area contributed by atoms with Gasteiger partial charge >= 0.3 is 5.97 Å². The molecule has 2 rings (SSSR count). The van der Waals surface area contributed by atoms with E-state index in [1.807, 2.05) is 19.1 Å². The quantitative estimate of drug-likeness (QED) is 0.821. The maximum absolute atomic E-state index is 12.4. The van der Waals surface area contributed by atoms with E-state index in [4.69, 9.17) is 21.1 Å². The fraction of sp³-hybridized carbons (Fsp3) is 0.562. The number of carbonyl (C=O) groups excluding carboxylic acids is 1. The number of nitrogens with one attached hydrogen (secondary N) is 1. The average Bonchev–Trinajstić information content (AvgIpc) is 2.99. The lowest BCUT2D eigenvalue weighted by Gasteiger charge is -2.30. The molecular weight excluding hydrogens is 290 g/mol. The van der Waals surface area contributed by atoms with Crippen LogP contribution in [0.4, 0.5) is 0 Å². The van der Waals surface area contributed by atoms with Crippen molar-refractivity contribution in [2.75, 3.05) is 19.8 Å². The number of esters is 1. The van der Waals surface area contributed by atoms with Crippen LogP contribution in [0.3, 0.4) is 0 Å². The van der Waals surface area contributed by atoms with Crippen LogP contribution in [0.5, 0.6) is 0 Å². The maximum Gasteiger partial charge on any atom is 0.330 e. The zero-order chi connectivity index (χ0) is 15.3. The van der Waals surface area contributed by atoms with Gasteiger partial charge in [0, 0.05) is 18.2 Å². The van der Waals surface area contributed by atoms with Gasteiger partial charge in [-0.3, -0.25) is 5.32 Å². The van der Waals surface area contributed by atoms with Crippen LogP contribution in [-0.2, 0) is 19.8 Å². The Kier molecular flexibility index (Phi) is 5.62. The number of ether oxygens (including phenoxy) is 2. The van der Waals surface area contributed by atoms with Crippen molar-refractivity contribution >= 4 is 17.6 Å². The summed E-state index contributed by atoms with van der Waals surface area (Å²) in [5, 5.41) is 3.96. The summed E-state index contributed by atoms with van der Waals surface area (Å²) in [4.78, 5) is 12.4. The first-order valence-electron chi connectivity index (χ1n) is 7.36. The molecule has 2 unspecified atom stereocenters. The minimum Gasteiger partial charge on any atom is -0.464 e. The molecule has 1 N–H and O–H groups in total. The summed E-state index contributed by atoms with van der Waals surface area (Å²) >= 11 is 5.93. The summed E-state index contributed by atoms with van der Waals surface area (Å²) in [6.07, 6.45) is 2.25. The molecule has 0 aromatic heterocycles. The summed E-state index contributed by atoms with van der Waals surface area (Å²) in [6.45, 7) is 5.41. The Balaban J connectivity index is 2.16. The number of benzene rings is 1. The molecule has 1 aromatic carbocycles. The van der Waals surface area contributed by atoms with Gasteiger partial charge in [0.25, 0.3) is 0 Å². The summed E-state index contributed by atoms with van der Waals surface area (Å²) in [5.41, 5.74) is -0.0598. The van der Waals surface area contributed by atoms with E-state index in [0.29, 0.717) is 18.2 Å². The summed E-state index contributed by atoms with van der Waals surface area (Å²) < 4.78 is 10.8. The van der Waals surface area contributed by atoms with Crippen molar-refractivity contribution in [3.05, 3.63) is 34.9 Å². The van der Waals surface area contributed by atoms with E-state index < -0.39 is 5.54 Å². The zero-order valence-corrected chi connectivity index (χ0v) is 13.3. The van der Waals surface area contributed by atoms with Gasteiger partial charge in [-0.25, -0.2) is 4.79 Å². The molecule has 1 aromatic rings. The fourth-order valence-corrected chi connectivity index (χ4v) is 2.60. The molecule has 1 heterocycles. The highest BCUT2D eigenvalue weighted by Crippen LogP contribution is 2.25. The number of hydrogen-bond donors (Lipinski definition) is 1. The Morgan fingerprint density at radius 1 is 1.48 bits per heavy atom. The second-order valence-corrected chi connectivity index (χ2v) is 5.80. The van der Waals surface area contributed by atoms with Crippen LogP contribution < -0.4 is 5.32 Å². The van der Waals surface area contributed by atoms with Crippen LogP contribution in [0.25, 0.3) is 0 Å². The van der Waals surface area contributed by atoms with Crippen LogP contribution in [0, 0.1) is 0 Å². The Morgan fingerprint density at radius 3 is 2.76 bits per heavy atom. The second kappa shape index (κ2) is 7.25. The molecule has 1 fully saturated rings. The van der Waals surface area contributed by atoms with Gasteiger partial charge < -0.3 is 9.47 Å². The Labute approximate surface area is 130 Å². The van der Waals surface area contributed by atoms with Crippen LogP contribution >= 0.6 is 11.6 Å². The minimum atomic E-state index is -0.896. The maximum atomic E-state index is 12.4. The van der Waals surface area contributed by atoms with E-state index in [-0.39, 0.29) is 12.1 Å². The predicted molar refractivity (Wildman–Crippen MR) is 82.4 cm³/mol. The molecule has 0 aliphatic carbocycles.